The van der Waals surface area contributed by atoms with Crippen molar-refractivity contribution >= 4 is 11.9 Å². The van der Waals surface area contributed by atoms with Crippen LogP contribution < -0.4 is 5.32 Å². The molecule has 1 aromatic rings. The van der Waals surface area contributed by atoms with Crippen LogP contribution in [0.2, 0.25) is 0 Å². The van der Waals surface area contributed by atoms with Crippen molar-refractivity contribution in [2.24, 2.45) is 23.7 Å². The summed E-state index contributed by atoms with van der Waals surface area (Å²) in [6.07, 6.45) is 15.5. The number of ether oxygens (including phenoxy) is 1. The van der Waals surface area contributed by atoms with E-state index in [-0.39, 0.29) is 35.5 Å². The first-order valence-electron chi connectivity index (χ1n) is 12.6. The third-order valence-electron chi connectivity index (χ3n) is 7.91. The van der Waals surface area contributed by atoms with Gasteiger partial charge in [0.15, 0.2) is 0 Å². The van der Waals surface area contributed by atoms with Gasteiger partial charge in [0.1, 0.15) is 5.75 Å². The minimum absolute atomic E-state index is 0.0697. The molecule has 0 saturated carbocycles. The first kappa shape index (κ1) is 24.3. The third-order valence-corrected chi connectivity index (χ3v) is 7.91. The van der Waals surface area contributed by atoms with Crippen molar-refractivity contribution in [1.29, 1.82) is 0 Å². The highest BCUT2D eigenvalue weighted by atomic mass is 16.6. The summed E-state index contributed by atoms with van der Waals surface area (Å²) < 4.78 is 6.18. The van der Waals surface area contributed by atoms with Crippen LogP contribution in [0.3, 0.4) is 0 Å². The van der Waals surface area contributed by atoms with Crippen molar-refractivity contribution in [3.63, 3.8) is 0 Å². The zero-order chi connectivity index (χ0) is 24.3. The Kier molecular flexibility index (Phi) is 7.30. The number of rotatable bonds is 2. The second-order valence-electron chi connectivity index (χ2n) is 10.4. The maximum Gasteiger partial charge on any atom is 0.331 e. The van der Waals surface area contributed by atoms with Gasteiger partial charge < -0.3 is 15.2 Å². The molecule has 2 heterocycles. The summed E-state index contributed by atoms with van der Waals surface area (Å²) in [6.45, 7) is 6.50. The molecule has 1 spiro atoms. The fourth-order valence-electron chi connectivity index (χ4n) is 5.91. The van der Waals surface area contributed by atoms with Gasteiger partial charge in [-0.25, -0.2) is 4.79 Å². The van der Waals surface area contributed by atoms with Crippen LogP contribution >= 0.6 is 0 Å². The van der Waals surface area contributed by atoms with Gasteiger partial charge in [0.2, 0.25) is 5.60 Å². The van der Waals surface area contributed by atoms with Crippen molar-refractivity contribution in [1.82, 2.24) is 5.32 Å². The van der Waals surface area contributed by atoms with Crippen LogP contribution in [0.25, 0.3) is 0 Å². The van der Waals surface area contributed by atoms with E-state index < -0.39 is 11.6 Å². The van der Waals surface area contributed by atoms with Crippen molar-refractivity contribution in [2.75, 3.05) is 0 Å². The van der Waals surface area contributed by atoms with Crippen molar-refractivity contribution < 1.29 is 19.4 Å². The SMILES string of the molecule is CC1=C[C@@H]2C=CC[C@H](C)CCCCC=CC(=O)O[C@]23C(=O)N[C@@H](Cc2ccc(O)cc2)[C@@H]3[C@@H]1C. The zero-order valence-electron chi connectivity index (χ0n) is 20.5. The highest BCUT2D eigenvalue weighted by molar-refractivity contribution is 5.94. The standard InChI is InChI=1S/C29H37NO4/c1-19-9-6-4-5-7-12-26(32)34-29-23(11-8-10-19)17-20(2)21(3)27(29)25(30-28(29)33)18-22-13-15-24(31)16-14-22/h7-8,11-17,19,21,23,25,27,31H,4-6,9-10,18H2,1-3H3,(H,30,33)/t19-,21-,23+,25+,27+,29-/m1/s1. The predicted molar refractivity (Wildman–Crippen MR) is 133 cm³/mol. The van der Waals surface area contributed by atoms with Crippen LogP contribution in [-0.2, 0) is 20.7 Å². The second kappa shape index (κ2) is 10.2. The fraction of sp³-hybridized carbons (Fsp3) is 0.517. The van der Waals surface area contributed by atoms with E-state index in [1.54, 1.807) is 12.1 Å². The molecule has 0 aromatic heterocycles. The topological polar surface area (TPSA) is 75.6 Å². The van der Waals surface area contributed by atoms with E-state index in [0.29, 0.717) is 12.3 Å². The van der Waals surface area contributed by atoms with Gasteiger partial charge in [-0.2, -0.15) is 0 Å². The monoisotopic (exact) mass is 463 g/mol. The number of allylic oxidation sites excluding steroid dienone is 3. The van der Waals surface area contributed by atoms with Crippen LogP contribution in [0.15, 0.2) is 60.2 Å². The third kappa shape index (κ3) is 4.84. The molecule has 34 heavy (non-hydrogen) atoms. The number of hydrogen-bond donors (Lipinski definition) is 2. The van der Waals surface area contributed by atoms with Crippen molar-refractivity contribution in [2.45, 2.75) is 70.9 Å². The molecule has 3 aliphatic rings. The van der Waals surface area contributed by atoms with Crippen LogP contribution in [0.1, 0.15) is 58.4 Å². The Labute approximate surface area is 203 Å². The number of phenols is 1. The van der Waals surface area contributed by atoms with Gasteiger partial charge >= 0.3 is 5.97 Å². The predicted octanol–water partition coefficient (Wildman–Crippen LogP) is 5.26. The van der Waals surface area contributed by atoms with Crippen LogP contribution in [0.5, 0.6) is 5.75 Å². The molecule has 2 N–H and O–H groups in total. The molecule has 0 bridgehead atoms. The summed E-state index contributed by atoms with van der Waals surface area (Å²) in [7, 11) is 0. The quantitative estimate of drug-likeness (QED) is 0.464. The van der Waals surface area contributed by atoms with Gasteiger partial charge in [-0.1, -0.05) is 68.7 Å². The minimum Gasteiger partial charge on any atom is -0.508 e. The summed E-state index contributed by atoms with van der Waals surface area (Å²) in [5.74, 6) is -0.318. The van der Waals surface area contributed by atoms with E-state index in [2.05, 4.69) is 44.3 Å². The number of carbonyl (C=O) groups excluding carboxylic acids is 2. The Morgan fingerprint density at radius 2 is 1.88 bits per heavy atom. The van der Waals surface area contributed by atoms with E-state index in [1.807, 2.05) is 18.2 Å². The van der Waals surface area contributed by atoms with E-state index in [1.165, 1.54) is 11.6 Å². The van der Waals surface area contributed by atoms with Gasteiger partial charge in [0.05, 0.1) is 0 Å². The lowest BCUT2D eigenvalue weighted by Crippen LogP contribution is -2.56. The average Bonchev–Trinajstić information content (AvgIpc) is 3.07. The lowest BCUT2D eigenvalue weighted by Gasteiger charge is -2.44. The number of phenolic OH excluding ortho intramolecular Hbond substituents is 1. The lowest BCUT2D eigenvalue weighted by molar-refractivity contribution is -0.172. The second-order valence-corrected chi connectivity index (χ2v) is 10.4. The average molecular weight is 464 g/mol. The van der Waals surface area contributed by atoms with Crippen LogP contribution in [0.4, 0.5) is 0 Å². The first-order chi connectivity index (χ1) is 16.3. The van der Waals surface area contributed by atoms with E-state index in [4.69, 9.17) is 4.74 Å². The number of aromatic hydroxyl groups is 1. The molecule has 1 amide bonds. The Morgan fingerprint density at radius 1 is 1.12 bits per heavy atom. The molecule has 2 aliphatic heterocycles. The molecule has 1 saturated heterocycles. The van der Waals surface area contributed by atoms with Gasteiger partial charge in [-0.3, -0.25) is 4.79 Å². The first-order valence-corrected chi connectivity index (χ1v) is 12.6. The molecule has 5 heteroatoms. The maximum atomic E-state index is 13.7. The lowest BCUT2D eigenvalue weighted by atomic mass is 9.63. The summed E-state index contributed by atoms with van der Waals surface area (Å²) in [6, 6.07) is 6.90. The van der Waals surface area contributed by atoms with Crippen molar-refractivity contribution in [3.8, 4) is 5.75 Å². The Bertz CT molecular complexity index is 992. The zero-order valence-corrected chi connectivity index (χ0v) is 20.5. The Balaban J connectivity index is 1.74. The molecule has 0 unspecified atom stereocenters. The van der Waals surface area contributed by atoms with Gasteiger partial charge in [-0.05, 0) is 62.1 Å². The van der Waals surface area contributed by atoms with Crippen LogP contribution in [0, 0.1) is 23.7 Å². The molecule has 1 fully saturated rings. The smallest absolute Gasteiger partial charge is 0.331 e. The minimum atomic E-state index is -1.27. The molecule has 6 atom stereocenters. The number of esters is 1. The van der Waals surface area contributed by atoms with E-state index in [9.17, 15) is 14.7 Å². The molecule has 182 valence electrons. The number of nitrogens with one attached hydrogen (secondary N) is 1. The van der Waals surface area contributed by atoms with Gasteiger partial charge in [0.25, 0.3) is 5.91 Å². The molecule has 0 radical (unpaired) electrons. The van der Waals surface area contributed by atoms with Crippen molar-refractivity contribution in [3.05, 3.63) is 65.8 Å². The number of benzene rings is 1. The molecule has 4 rings (SSSR count). The number of amides is 1. The molecular formula is C29H37NO4. The maximum absolute atomic E-state index is 13.7. The van der Waals surface area contributed by atoms with Gasteiger partial charge in [-0.15, -0.1) is 0 Å². The summed E-state index contributed by atoms with van der Waals surface area (Å²) in [5.41, 5.74) is 0.960. The highest BCUT2D eigenvalue weighted by Gasteiger charge is 2.64. The van der Waals surface area contributed by atoms with Crippen LogP contribution in [-0.4, -0.2) is 28.6 Å². The summed E-state index contributed by atoms with van der Waals surface area (Å²) in [5, 5.41) is 12.9. The molecular weight excluding hydrogens is 426 g/mol. The Morgan fingerprint density at radius 3 is 2.65 bits per heavy atom. The Hall–Kier alpha value is -2.82. The molecule has 5 nitrogen and oxygen atoms in total. The fourth-order valence-corrected chi connectivity index (χ4v) is 5.91. The molecule has 1 aromatic carbocycles. The van der Waals surface area contributed by atoms with Gasteiger partial charge in [0, 0.05) is 24.0 Å². The normalized spacial score (nSPS) is 34.3. The number of hydrogen-bond acceptors (Lipinski definition) is 4. The highest BCUT2D eigenvalue weighted by Crippen LogP contribution is 2.50. The number of carbonyl (C=O) groups is 2. The largest absolute Gasteiger partial charge is 0.508 e. The van der Waals surface area contributed by atoms with E-state index in [0.717, 1.165) is 37.7 Å². The molecule has 1 aliphatic carbocycles. The van der Waals surface area contributed by atoms with E-state index >= 15 is 0 Å². The summed E-state index contributed by atoms with van der Waals surface area (Å²) >= 11 is 0. The summed E-state index contributed by atoms with van der Waals surface area (Å²) in [4.78, 5) is 26.7.